The fourth-order valence-electron chi connectivity index (χ4n) is 1.65. The zero-order chi connectivity index (χ0) is 11.5. The number of nitrogens with zero attached hydrogens (tertiary/aromatic N) is 2. The van der Waals surface area contributed by atoms with Gasteiger partial charge in [-0.25, -0.2) is 4.98 Å². The fraction of sp³-hybridized carbons (Fsp3) is 0.444. The molecule has 7 heteroatoms. The van der Waals surface area contributed by atoms with Crippen LogP contribution in [0.25, 0.3) is 0 Å². The topological polar surface area (TPSA) is 85.1 Å². The van der Waals surface area contributed by atoms with Crippen LogP contribution in [-0.4, -0.2) is 32.5 Å². The molecular formula is C9H11N3O3S. The number of hydrogen-bond acceptors (Lipinski definition) is 5. The second-order valence-corrected chi connectivity index (χ2v) is 5.15. The number of pyridine rings is 1. The van der Waals surface area contributed by atoms with Crippen LogP contribution < -0.4 is 5.32 Å². The second kappa shape index (κ2) is 4.67. The van der Waals surface area contributed by atoms with E-state index in [0.717, 1.165) is 13.0 Å². The van der Waals surface area contributed by atoms with E-state index in [9.17, 15) is 14.3 Å². The van der Waals surface area contributed by atoms with Crippen LogP contribution in [0.2, 0.25) is 0 Å². The molecule has 2 atom stereocenters. The molecule has 2 rings (SSSR count). The van der Waals surface area contributed by atoms with Gasteiger partial charge in [0, 0.05) is 18.8 Å². The molecule has 86 valence electrons. The van der Waals surface area contributed by atoms with Crippen molar-refractivity contribution in [3.8, 4) is 0 Å². The molecule has 1 aliphatic heterocycles. The maximum Gasteiger partial charge on any atom is 0.303 e. The van der Waals surface area contributed by atoms with Gasteiger partial charge in [-0.2, -0.15) is 0 Å². The van der Waals surface area contributed by atoms with Gasteiger partial charge in [-0.15, -0.1) is 0 Å². The first-order chi connectivity index (χ1) is 7.70. The van der Waals surface area contributed by atoms with Gasteiger partial charge in [0.25, 0.3) is 0 Å². The summed E-state index contributed by atoms with van der Waals surface area (Å²) in [7, 11) is -1.41. The third-order valence-electron chi connectivity index (χ3n) is 2.46. The van der Waals surface area contributed by atoms with Crippen molar-refractivity contribution in [3.63, 3.8) is 0 Å². The monoisotopic (exact) mass is 241 g/mol. The van der Waals surface area contributed by atoms with Crippen LogP contribution in [0.3, 0.4) is 0 Å². The van der Waals surface area contributed by atoms with Crippen molar-refractivity contribution < 1.29 is 9.13 Å². The Labute approximate surface area is 94.7 Å². The van der Waals surface area contributed by atoms with E-state index in [1.165, 1.54) is 18.3 Å². The molecule has 0 radical (unpaired) electrons. The molecule has 0 saturated carbocycles. The molecule has 0 unspecified atom stereocenters. The molecule has 0 bridgehead atoms. The summed E-state index contributed by atoms with van der Waals surface area (Å²) in [5.41, 5.74) is -0.160. The van der Waals surface area contributed by atoms with Crippen molar-refractivity contribution in [2.45, 2.75) is 16.7 Å². The molecule has 1 N–H and O–H groups in total. The van der Waals surface area contributed by atoms with E-state index in [1.54, 1.807) is 0 Å². The summed E-state index contributed by atoms with van der Waals surface area (Å²) in [5.74, 6) is 0. The second-order valence-electron chi connectivity index (χ2n) is 3.50. The third kappa shape index (κ3) is 2.10. The Bertz CT molecular complexity index is 432. The summed E-state index contributed by atoms with van der Waals surface area (Å²) < 4.78 is 12.1. The summed E-state index contributed by atoms with van der Waals surface area (Å²) >= 11 is 0. The Morgan fingerprint density at radius 3 is 3.06 bits per heavy atom. The van der Waals surface area contributed by atoms with E-state index in [-0.39, 0.29) is 16.0 Å². The normalized spacial score (nSPS) is 21.9. The van der Waals surface area contributed by atoms with Crippen molar-refractivity contribution in [1.82, 2.24) is 10.3 Å². The van der Waals surface area contributed by atoms with E-state index < -0.39 is 15.7 Å². The lowest BCUT2D eigenvalue weighted by atomic mass is 10.4. The predicted molar refractivity (Wildman–Crippen MR) is 58.6 cm³/mol. The molecule has 2 heterocycles. The summed E-state index contributed by atoms with van der Waals surface area (Å²) in [6, 6.07) is 2.81. The lowest BCUT2D eigenvalue weighted by Crippen LogP contribution is -2.20. The molecular weight excluding hydrogens is 230 g/mol. The average Bonchev–Trinajstić information content (AvgIpc) is 2.81. The lowest BCUT2D eigenvalue weighted by Gasteiger charge is -2.07. The largest absolute Gasteiger partial charge is 0.315 e. The molecule has 0 spiro atoms. The fourth-order valence-corrected chi connectivity index (χ4v) is 3.08. The minimum absolute atomic E-state index is 0.0754. The van der Waals surface area contributed by atoms with Crippen molar-refractivity contribution >= 4 is 16.5 Å². The molecule has 1 aliphatic rings. The minimum atomic E-state index is -1.41. The average molecular weight is 241 g/mol. The Kier molecular flexibility index (Phi) is 3.25. The zero-order valence-corrected chi connectivity index (χ0v) is 9.27. The Balaban J connectivity index is 2.32. The van der Waals surface area contributed by atoms with Crippen LogP contribution in [0.4, 0.5) is 5.69 Å². The highest BCUT2D eigenvalue weighted by molar-refractivity contribution is 7.85. The highest BCUT2D eigenvalue weighted by Gasteiger charge is 2.28. The first kappa shape index (κ1) is 11.2. The smallest absolute Gasteiger partial charge is 0.303 e. The van der Waals surface area contributed by atoms with E-state index in [4.69, 9.17) is 0 Å². The van der Waals surface area contributed by atoms with E-state index in [1.807, 2.05) is 0 Å². The third-order valence-corrected chi connectivity index (χ3v) is 4.16. The van der Waals surface area contributed by atoms with Crippen molar-refractivity contribution in [2.24, 2.45) is 0 Å². The van der Waals surface area contributed by atoms with E-state index in [2.05, 4.69) is 10.3 Å². The van der Waals surface area contributed by atoms with Crippen LogP contribution >= 0.6 is 0 Å². The van der Waals surface area contributed by atoms with Crippen LogP contribution in [0.1, 0.15) is 6.42 Å². The predicted octanol–water partition coefficient (Wildman–Crippen LogP) is 0.459. The Hall–Kier alpha value is -1.34. The summed E-state index contributed by atoms with van der Waals surface area (Å²) in [4.78, 5) is 14.1. The first-order valence-corrected chi connectivity index (χ1v) is 6.12. The summed E-state index contributed by atoms with van der Waals surface area (Å²) in [6.45, 7) is 1.43. The van der Waals surface area contributed by atoms with Gasteiger partial charge in [0.15, 0.2) is 0 Å². The highest BCUT2D eigenvalue weighted by atomic mass is 32.2. The molecule has 0 aliphatic carbocycles. The molecule has 6 nitrogen and oxygen atoms in total. The SMILES string of the molecule is O=[N+]([O-])c1cccnc1[S@](=O)[C@@H]1CCNC1. The minimum Gasteiger partial charge on any atom is -0.315 e. The van der Waals surface area contributed by atoms with Crippen LogP contribution in [-0.2, 0) is 10.8 Å². The summed E-state index contributed by atoms with van der Waals surface area (Å²) in [6.07, 6.45) is 2.20. The van der Waals surface area contributed by atoms with Crippen molar-refractivity contribution in [3.05, 3.63) is 28.4 Å². The number of nitrogens with one attached hydrogen (secondary N) is 1. The van der Waals surface area contributed by atoms with Gasteiger partial charge >= 0.3 is 5.69 Å². The number of hydrogen-bond donors (Lipinski definition) is 1. The molecule has 1 aromatic rings. The van der Waals surface area contributed by atoms with E-state index in [0.29, 0.717) is 6.54 Å². The van der Waals surface area contributed by atoms with Crippen LogP contribution in [0.15, 0.2) is 23.4 Å². The lowest BCUT2D eigenvalue weighted by molar-refractivity contribution is -0.388. The Morgan fingerprint density at radius 1 is 1.62 bits per heavy atom. The molecule has 1 saturated heterocycles. The summed E-state index contributed by atoms with van der Waals surface area (Å²) in [5, 5.41) is 13.8. The van der Waals surface area contributed by atoms with Crippen LogP contribution in [0, 0.1) is 10.1 Å². The van der Waals surface area contributed by atoms with Gasteiger partial charge in [0.05, 0.1) is 21.0 Å². The standard InChI is InChI=1S/C9H11N3O3S/c13-12(14)8-2-1-4-11-9(8)16(15)7-3-5-10-6-7/h1-2,4,7,10H,3,5-6H2/t7-,16-/m1/s1. The van der Waals surface area contributed by atoms with E-state index >= 15 is 0 Å². The molecule has 0 aromatic carbocycles. The van der Waals surface area contributed by atoms with Gasteiger partial charge in [0.2, 0.25) is 5.03 Å². The quantitative estimate of drug-likeness (QED) is 0.613. The number of rotatable bonds is 3. The van der Waals surface area contributed by atoms with Gasteiger partial charge in [-0.3, -0.25) is 14.3 Å². The number of aromatic nitrogens is 1. The van der Waals surface area contributed by atoms with Gasteiger partial charge in [-0.05, 0) is 19.0 Å². The maximum atomic E-state index is 12.1. The molecule has 1 aromatic heterocycles. The first-order valence-electron chi connectivity index (χ1n) is 4.91. The van der Waals surface area contributed by atoms with Gasteiger partial charge in [-0.1, -0.05) is 0 Å². The Morgan fingerprint density at radius 2 is 2.44 bits per heavy atom. The number of nitro groups is 1. The van der Waals surface area contributed by atoms with Crippen LogP contribution in [0.5, 0.6) is 0 Å². The molecule has 0 amide bonds. The van der Waals surface area contributed by atoms with Crippen molar-refractivity contribution in [2.75, 3.05) is 13.1 Å². The van der Waals surface area contributed by atoms with Crippen molar-refractivity contribution in [1.29, 1.82) is 0 Å². The van der Waals surface area contributed by atoms with Gasteiger partial charge < -0.3 is 5.32 Å². The molecule has 1 fully saturated rings. The van der Waals surface area contributed by atoms with Gasteiger partial charge in [0.1, 0.15) is 0 Å². The molecule has 16 heavy (non-hydrogen) atoms. The highest BCUT2D eigenvalue weighted by Crippen LogP contribution is 2.23. The zero-order valence-electron chi connectivity index (χ0n) is 8.46. The maximum absolute atomic E-state index is 12.1.